The van der Waals surface area contributed by atoms with Crippen LogP contribution in [0.4, 0.5) is 5.13 Å². The Morgan fingerprint density at radius 2 is 2.00 bits per heavy atom. The fourth-order valence-electron chi connectivity index (χ4n) is 3.14. The molecular formula is C18H29N3O4S. The Morgan fingerprint density at radius 1 is 1.38 bits per heavy atom. The molecule has 0 radical (unpaired) electrons. The van der Waals surface area contributed by atoms with Gasteiger partial charge in [0.1, 0.15) is 10.4 Å². The van der Waals surface area contributed by atoms with Crippen molar-refractivity contribution in [1.29, 1.82) is 0 Å². The lowest BCUT2D eigenvalue weighted by molar-refractivity contribution is -0.166. The van der Waals surface area contributed by atoms with Gasteiger partial charge in [0.25, 0.3) is 0 Å². The normalized spacial score (nSPS) is 24.7. The van der Waals surface area contributed by atoms with Crippen molar-refractivity contribution in [2.45, 2.75) is 65.0 Å². The van der Waals surface area contributed by atoms with E-state index in [0.29, 0.717) is 28.7 Å². The van der Waals surface area contributed by atoms with Gasteiger partial charge in [-0.25, -0.2) is 9.78 Å². The number of anilines is 1. The SMILES string of the molecule is CCOC1CC(N)(C(=O)Nc2nc(C(C)(C)C)c(C(=O)OC)s2)C1(C)C. The number of nitrogens with two attached hydrogens (primary N) is 1. The summed E-state index contributed by atoms with van der Waals surface area (Å²) in [6, 6.07) is 0. The molecule has 1 saturated carbocycles. The number of nitrogens with one attached hydrogen (secondary N) is 1. The highest BCUT2D eigenvalue weighted by molar-refractivity contribution is 7.17. The number of carbonyl (C=O) groups is 2. The predicted molar refractivity (Wildman–Crippen MR) is 102 cm³/mol. The zero-order chi connectivity index (χ0) is 19.9. The van der Waals surface area contributed by atoms with E-state index in [1.165, 1.54) is 7.11 Å². The Labute approximate surface area is 158 Å². The topological polar surface area (TPSA) is 104 Å². The summed E-state index contributed by atoms with van der Waals surface area (Å²) in [7, 11) is 1.33. The van der Waals surface area contributed by atoms with Crippen LogP contribution in [0.5, 0.6) is 0 Å². The van der Waals surface area contributed by atoms with Crippen LogP contribution in [0.1, 0.15) is 63.3 Å². The Bertz CT molecular complexity index is 708. The lowest BCUT2D eigenvalue weighted by atomic mass is 9.54. The largest absolute Gasteiger partial charge is 0.465 e. The summed E-state index contributed by atoms with van der Waals surface area (Å²) >= 11 is 1.10. The number of thiazole rings is 1. The number of nitrogens with zero attached hydrogens (tertiary/aromatic N) is 1. The Balaban J connectivity index is 2.25. The van der Waals surface area contributed by atoms with E-state index in [2.05, 4.69) is 10.3 Å². The number of aromatic nitrogens is 1. The Kier molecular flexibility index (Phi) is 5.52. The second-order valence-corrected chi connectivity index (χ2v) is 9.23. The standard InChI is InChI=1S/C18H29N3O4S/c1-8-25-10-9-18(19,17(10,5)6)14(23)21-15-20-12(16(2,3)4)11(26-15)13(22)24-7/h10H,8-9,19H2,1-7H3,(H,20,21,23). The van der Waals surface area contributed by atoms with E-state index < -0.39 is 16.9 Å². The molecule has 1 fully saturated rings. The van der Waals surface area contributed by atoms with Gasteiger partial charge in [-0.2, -0.15) is 0 Å². The van der Waals surface area contributed by atoms with Gasteiger partial charge in [-0.3, -0.25) is 4.79 Å². The highest BCUT2D eigenvalue weighted by Gasteiger charge is 2.63. The molecule has 1 aliphatic rings. The minimum atomic E-state index is -1.05. The summed E-state index contributed by atoms with van der Waals surface area (Å²) in [5, 5.41) is 3.14. The molecule has 0 bridgehead atoms. The van der Waals surface area contributed by atoms with E-state index in [0.717, 1.165) is 11.3 Å². The maximum absolute atomic E-state index is 12.9. The third kappa shape index (κ3) is 3.37. The van der Waals surface area contributed by atoms with E-state index in [-0.39, 0.29) is 17.4 Å². The zero-order valence-electron chi connectivity index (χ0n) is 16.6. The van der Waals surface area contributed by atoms with Crippen molar-refractivity contribution in [3.63, 3.8) is 0 Å². The van der Waals surface area contributed by atoms with Crippen LogP contribution in [-0.4, -0.2) is 42.2 Å². The molecule has 2 atom stereocenters. The molecule has 0 aromatic carbocycles. The van der Waals surface area contributed by atoms with Crippen LogP contribution < -0.4 is 11.1 Å². The molecule has 1 aromatic heterocycles. The molecule has 1 heterocycles. The van der Waals surface area contributed by atoms with Crippen molar-refractivity contribution in [3.05, 3.63) is 10.6 Å². The summed E-state index contributed by atoms with van der Waals surface area (Å²) in [4.78, 5) is 29.8. The number of rotatable bonds is 5. The fraction of sp³-hybridized carbons (Fsp3) is 0.722. The second-order valence-electron chi connectivity index (χ2n) is 8.23. The molecule has 2 unspecified atom stereocenters. The number of methoxy groups -OCH3 is 1. The van der Waals surface area contributed by atoms with E-state index in [9.17, 15) is 9.59 Å². The molecule has 1 aliphatic carbocycles. The van der Waals surface area contributed by atoms with E-state index >= 15 is 0 Å². The van der Waals surface area contributed by atoms with Gasteiger partial charge in [0.05, 0.1) is 18.9 Å². The Morgan fingerprint density at radius 3 is 2.46 bits per heavy atom. The average molecular weight is 384 g/mol. The summed E-state index contributed by atoms with van der Waals surface area (Å²) in [6.07, 6.45) is 0.386. The van der Waals surface area contributed by atoms with Gasteiger partial charge in [0.15, 0.2) is 5.13 Å². The molecule has 1 aromatic rings. The van der Waals surface area contributed by atoms with Crippen molar-refractivity contribution < 1.29 is 19.1 Å². The number of ether oxygens (including phenoxy) is 2. The van der Waals surface area contributed by atoms with Crippen molar-refractivity contribution >= 4 is 28.3 Å². The van der Waals surface area contributed by atoms with Crippen LogP contribution in [0.2, 0.25) is 0 Å². The van der Waals surface area contributed by atoms with Gasteiger partial charge in [-0.15, -0.1) is 0 Å². The molecule has 0 spiro atoms. The van der Waals surface area contributed by atoms with Crippen LogP contribution in [0.3, 0.4) is 0 Å². The molecule has 2 rings (SSSR count). The number of esters is 1. The zero-order valence-corrected chi connectivity index (χ0v) is 17.4. The van der Waals surface area contributed by atoms with E-state index in [1.807, 2.05) is 41.5 Å². The first kappa shape index (κ1) is 20.8. The third-order valence-electron chi connectivity index (χ3n) is 5.16. The molecule has 7 nitrogen and oxygen atoms in total. The van der Waals surface area contributed by atoms with Gasteiger partial charge < -0.3 is 20.5 Å². The fourth-order valence-corrected chi connectivity index (χ4v) is 4.23. The molecule has 26 heavy (non-hydrogen) atoms. The first-order chi connectivity index (χ1) is 11.9. The molecule has 8 heteroatoms. The van der Waals surface area contributed by atoms with Crippen molar-refractivity contribution in [2.75, 3.05) is 19.0 Å². The highest BCUT2D eigenvalue weighted by atomic mass is 32.1. The molecule has 0 aliphatic heterocycles. The maximum atomic E-state index is 12.9. The lowest BCUT2D eigenvalue weighted by Crippen LogP contribution is -2.74. The number of hydrogen-bond acceptors (Lipinski definition) is 7. The van der Waals surface area contributed by atoms with Crippen LogP contribution in [-0.2, 0) is 19.7 Å². The lowest BCUT2D eigenvalue weighted by Gasteiger charge is -2.57. The molecule has 0 saturated heterocycles. The quantitative estimate of drug-likeness (QED) is 0.758. The average Bonchev–Trinajstić information content (AvgIpc) is 2.97. The third-order valence-corrected chi connectivity index (χ3v) is 6.11. The van der Waals surface area contributed by atoms with Gasteiger partial charge in [0.2, 0.25) is 5.91 Å². The van der Waals surface area contributed by atoms with Crippen molar-refractivity contribution in [1.82, 2.24) is 4.98 Å². The van der Waals surface area contributed by atoms with Crippen LogP contribution >= 0.6 is 11.3 Å². The van der Waals surface area contributed by atoms with Crippen LogP contribution in [0, 0.1) is 5.41 Å². The smallest absolute Gasteiger partial charge is 0.350 e. The second kappa shape index (κ2) is 6.90. The summed E-state index contributed by atoms with van der Waals surface area (Å²) in [6.45, 7) is 12.2. The number of amides is 1. The highest BCUT2D eigenvalue weighted by Crippen LogP contribution is 2.50. The van der Waals surface area contributed by atoms with Gasteiger partial charge in [-0.05, 0) is 6.92 Å². The molecule has 1 amide bonds. The minimum absolute atomic E-state index is 0.0599. The Hall–Kier alpha value is -1.51. The summed E-state index contributed by atoms with van der Waals surface area (Å²) in [5.41, 5.74) is 5.09. The van der Waals surface area contributed by atoms with Crippen LogP contribution in [0.25, 0.3) is 0 Å². The number of hydrogen-bond donors (Lipinski definition) is 2. The van der Waals surface area contributed by atoms with Crippen molar-refractivity contribution in [2.24, 2.45) is 11.1 Å². The van der Waals surface area contributed by atoms with Gasteiger partial charge in [-0.1, -0.05) is 46.0 Å². The summed E-state index contributed by atoms with van der Waals surface area (Å²) < 4.78 is 10.5. The van der Waals surface area contributed by atoms with E-state index in [4.69, 9.17) is 15.2 Å². The molecular weight excluding hydrogens is 354 g/mol. The first-order valence-corrected chi connectivity index (χ1v) is 9.51. The van der Waals surface area contributed by atoms with Crippen molar-refractivity contribution in [3.8, 4) is 0 Å². The minimum Gasteiger partial charge on any atom is -0.465 e. The van der Waals surface area contributed by atoms with Gasteiger partial charge >= 0.3 is 5.97 Å². The first-order valence-electron chi connectivity index (χ1n) is 8.70. The van der Waals surface area contributed by atoms with E-state index in [1.54, 1.807) is 0 Å². The molecule has 3 N–H and O–H groups in total. The molecule has 146 valence electrons. The predicted octanol–water partition coefficient (Wildman–Crippen LogP) is 2.70. The van der Waals surface area contributed by atoms with Gasteiger partial charge in [0, 0.05) is 23.9 Å². The summed E-state index contributed by atoms with van der Waals surface area (Å²) in [5.74, 6) is -0.778. The number of carbonyl (C=O) groups excluding carboxylic acids is 2. The maximum Gasteiger partial charge on any atom is 0.350 e. The monoisotopic (exact) mass is 383 g/mol. The van der Waals surface area contributed by atoms with Crippen LogP contribution in [0.15, 0.2) is 0 Å².